The zero-order valence-corrected chi connectivity index (χ0v) is 19.1. The maximum Gasteiger partial charge on any atom is 0.331 e. The Morgan fingerprint density at radius 2 is 1.81 bits per heavy atom. The van der Waals surface area contributed by atoms with E-state index >= 15 is 0 Å². The number of likely N-dealkylation sites (N-methyl/N-ethyl adjacent to an activating group) is 1. The second-order valence-corrected chi connectivity index (χ2v) is 8.47. The van der Waals surface area contributed by atoms with Crippen LogP contribution in [0.2, 0.25) is 0 Å². The molecule has 0 radical (unpaired) electrons. The van der Waals surface area contributed by atoms with Crippen molar-refractivity contribution in [1.29, 1.82) is 0 Å². The highest BCUT2D eigenvalue weighted by Crippen LogP contribution is 2.21. The van der Waals surface area contributed by atoms with Gasteiger partial charge in [0.2, 0.25) is 0 Å². The lowest BCUT2D eigenvalue weighted by molar-refractivity contribution is -0.148. The molecule has 1 heterocycles. The van der Waals surface area contributed by atoms with Gasteiger partial charge >= 0.3 is 5.97 Å². The summed E-state index contributed by atoms with van der Waals surface area (Å²) < 4.78 is 7.12. The predicted octanol–water partition coefficient (Wildman–Crippen LogP) is 4.20. The van der Waals surface area contributed by atoms with Crippen LogP contribution < -0.4 is 0 Å². The largest absolute Gasteiger partial charge is 0.452 e. The van der Waals surface area contributed by atoms with E-state index in [9.17, 15) is 9.59 Å². The Bertz CT molecular complexity index is 938. The fourth-order valence-corrected chi connectivity index (χ4v) is 4.08. The van der Waals surface area contributed by atoms with Crippen LogP contribution in [0, 0.1) is 20.8 Å². The average molecular weight is 424 g/mol. The molecule has 31 heavy (non-hydrogen) atoms. The second kappa shape index (κ2) is 10.4. The first-order valence-electron chi connectivity index (χ1n) is 11.0. The van der Waals surface area contributed by atoms with Crippen molar-refractivity contribution in [2.24, 2.45) is 0 Å². The maximum atomic E-state index is 12.3. The third-order valence-electron chi connectivity index (χ3n) is 6.13. The summed E-state index contributed by atoms with van der Waals surface area (Å²) in [6.07, 6.45) is 8.70. The first kappa shape index (κ1) is 22.8. The minimum Gasteiger partial charge on any atom is -0.452 e. The van der Waals surface area contributed by atoms with Gasteiger partial charge in [-0.05, 0) is 45.3 Å². The van der Waals surface area contributed by atoms with Gasteiger partial charge in [0, 0.05) is 30.4 Å². The standard InChI is InChI=1S/C25H33N3O3/c1-18-10-12-21(13-11-18)16-28-20(3)23(19(2)26-28)14-15-25(30)31-17-24(29)27(4)22-8-6-5-7-9-22/h10-15,22H,5-9,16-17H2,1-4H3/b15-14+. The van der Waals surface area contributed by atoms with Crippen molar-refractivity contribution in [2.45, 2.75) is 65.5 Å². The zero-order chi connectivity index (χ0) is 22.4. The number of aryl methyl sites for hydroxylation is 2. The van der Waals surface area contributed by atoms with E-state index in [-0.39, 0.29) is 18.6 Å². The van der Waals surface area contributed by atoms with Crippen LogP contribution in [0.4, 0.5) is 0 Å². The van der Waals surface area contributed by atoms with Gasteiger partial charge in [-0.25, -0.2) is 4.79 Å². The number of amides is 1. The number of rotatable bonds is 7. The summed E-state index contributed by atoms with van der Waals surface area (Å²) in [6.45, 7) is 6.43. The molecule has 1 amide bonds. The first-order valence-corrected chi connectivity index (χ1v) is 11.0. The summed E-state index contributed by atoms with van der Waals surface area (Å²) >= 11 is 0. The van der Waals surface area contributed by atoms with E-state index in [0.29, 0.717) is 6.54 Å². The molecule has 6 heteroatoms. The number of hydrogen-bond acceptors (Lipinski definition) is 4. The van der Waals surface area contributed by atoms with Crippen molar-refractivity contribution in [3.63, 3.8) is 0 Å². The van der Waals surface area contributed by atoms with Gasteiger partial charge in [-0.15, -0.1) is 0 Å². The first-order chi connectivity index (χ1) is 14.8. The van der Waals surface area contributed by atoms with Crippen molar-refractivity contribution < 1.29 is 14.3 Å². The highest BCUT2D eigenvalue weighted by atomic mass is 16.5. The minimum atomic E-state index is -0.518. The molecule has 0 atom stereocenters. The average Bonchev–Trinajstić information content (AvgIpc) is 3.04. The van der Waals surface area contributed by atoms with Gasteiger partial charge in [0.25, 0.3) is 5.91 Å². The Morgan fingerprint density at radius 3 is 2.48 bits per heavy atom. The van der Waals surface area contributed by atoms with Gasteiger partial charge in [0.05, 0.1) is 12.2 Å². The zero-order valence-electron chi connectivity index (χ0n) is 19.1. The molecular weight excluding hydrogens is 390 g/mol. The van der Waals surface area contributed by atoms with Crippen molar-refractivity contribution >= 4 is 18.0 Å². The summed E-state index contributed by atoms with van der Waals surface area (Å²) in [5.74, 6) is -0.664. The smallest absolute Gasteiger partial charge is 0.331 e. The number of carbonyl (C=O) groups is 2. The number of ether oxygens (including phenoxy) is 1. The molecule has 1 aliphatic carbocycles. The molecule has 0 aliphatic heterocycles. The van der Waals surface area contributed by atoms with Gasteiger partial charge in [0.15, 0.2) is 6.61 Å². The third kappa shape index (κ3) is 6.06. The molecule has 1 aromatic heterocycles. The highest BCUT2D eigenvalue weighted by molar-refractivity contribution is 5.89. The lowest BCUT2D eigenvalue weighted by atomic mass is 9.94. The van der Waals surface area contributed by atoms with Crippen LogP contribution in [-0.4, -0.2) is 46.3 Å². The van der Waals surface area contributed by atoms with Crippen molar-refractivity contribution in [1.82, 2.24) is 14.7 Å². The predicted molar refractivity (Wildman–Crippen MR) is 122 cm³/mol. The Hall–Kier alpha value is -2.89. The number of esters is 1. The fraction of sp³-hybridized carbons (Fsp3) is 0.480. The molecule has 1 aliphatic rings. The normalized spacial score (nSPS) is 14.7. The van der Waals surface area contributed by atoms with Gasteiger partial charge in [-0.2, -0.15) is 5.10 Å². The molecule has 1 aromatic carbocycles. The number of carbonyl (C=O) groups excluding carboxylic acids is 2. The number of benzene rings is 1. The summed E-state index contributed by atoms with van der Waals surface area (Å²) in [4.78, 5) is 26.2. The van der Waals surface area contributed by atoms with Gasteiger partial charge in [0.1, 0.15) is 0 Å². The molecule has 0 saturated heterocycles. The van der Waals surface area contributed by atoms with Crippen molar-refractivity contribution in [2.75, 3.05) is 13.7 Å². The van der Waals surface area contributed by atoms with E-state index in [0.717, 1.165) is 42.6 Å². The molecular formula is C25H33N3O3. The van der Waals surface area contributed by atoms with E-state index in [1.165, 1.54) is 23.6 Å². The minimum absolute atomic E-state index is 0.146. The number of hydrogen-bond donors (Lipinski definition) is 0. The third-order valence-corrected chi connectivity index (χ3v) is 6.13. The molecule has 0 unspecified atom stereocenters. The van der Waals surface area contributed by atoms with Crippen molar-refractivity contribution in [3.8, 4) is 0 Å². The molecule has 6 nitrogen and oxygen atoms in total. The van der Waals surface area contributed by atoms with Gasteiger partial charge in [-0.3, -0.25) is 9.48 Å². The topological polar surface area (TPSA) is 64.4 Å². The SMILES string of the molecule is Cc1ccc(Cn2nc(C)c(/C=C/C(=O)OCC(=O)N(C)C3CCCCC3)c2C)cc1. The molecule has 0 N–H and O–H groups in total. The van der Waals surface area contributed by atoms with Crippen molar-refractivity contribution in [3.05, 3.63) is 58.4 Å². The second-order valence-electron chi connectivity index (χ2n) is 8.47. The maximum absolute atomic E-state index is 12.3. The van der Waals surface area contributed by atoms with E-state index in [4.69, 9.17) is 4.74 Å². The molecule has 3 rings (SSSR count). The summed E-state index contributed by atoms with van der Waals surface area (Å²) in [5.41, 5.74) is 5.13. The Balaban J connectivity index is 1.55. The molecule has 0 bridgehead atoms. The molecule has 1 saturated carbocycles. The Morgan fingerprint density at radius 1 is 1.13 bits per heavy atom. The van der Waals surface area contributed by atoms with Crippen LogP contribution >= 0.6 is 0 Å². The fourth-order valence-electron chi connectivity index (χ4n) is 4.08. The Kier molecular flexibility index (Phi) is 7.66. The van der Waals surface area contributed by atoms with E-state index in [1.807, 2.05) is 18.5 Å². The lowest BCUT2D eigenvalue weighted by Crippen LogP contribution is -2.40. The lowest BCUT2D eigenvalue weighted by Gasteiger charge is -2.31. The van der Waals surface area contributed by atoms with Crippen LogP contribution in [0.1, 0.15) is 60.2 Å². The summed E-state index contributed by atoms with van der Waals surface area (Å²) in [7, 11) is 1.80. The summed E-state index contributed by atoms with van der Waals surface area (Å²) in [5, 5.41) is 4.61. The van der Waals surface area contributed by atoms with E-state index in [1.54, 1.807) is 18.0 Å². The van der Waals surface area contributed by atoms with Crippen LogP contribution in [0.3, 0.4) is 0 Å². The number of aromatic nitrogens is 2. The van der Waals surface area contributed by atoms with Crippen LogP contribution in [-0.2, 0) is 20.9 Å². The molecule has 166 valence electrons. The quantitative estimate of drug-likeness (QED) is 0.494. The Labute approximate surface area is 184 Å². The number of nitrogens with zero attached hydrogens (tertiary/aromatic N) is 3. The van der Waals surface area contributed by atoms with Gasteiger partial charge in [-0.1, -0.05) is 49.1 Å². The molecule has 0 spiro atoms. The van der Waals surface area contributed by atoms with Gasteiger partial charge < -0.3 is 9.64 Å². The van der Waals surface area contributed by atoms with E-state index < -0.39 is 5.97 Å². The van der Waals surface area contributed by atoms with Crippen LogP contribution in [0.5, 0.6) is 0 Å². The van der Waals surface area contributed by atoms with Crippen LogP contribution in [0.25, 0.3) is 6.08 Å². The molecule has 1 fully saturated rings. The highest BCUT2D eigenvalue weighted by Gasteiger charge is 2.22. The van der Waals surface area contributed by atoms with Crippen LogP contribution in [0.15, 0.2) is 30.3 Å². The van der Waals surface area contributed by atoms with E-state index in [2.05, 4.69) is 36.3 Å². The summed E-state index contributed by atoms with van der Waals surface area (Å²) in [6, 6.07) is 8.63. The monoisotopic (exact) mass is 423 g/mol. The molecule has 2 aromatic rings.